The second-order valence-corrected chi connectivity index (χ2v) is 11.5. The predicted molar refractivity (Wildman–Crippen MR) is 151 cm³/mol. The molecule has 0 amide bonds. The summed E-state index contributed by atoms with van der Waals surface area (Å²) in [4.78, 5) is 9.63. The van der Waals surface area contributed by atoms with Crippen molar-refractivity contribution in [3.63, 3.8) is 0 Å². The van der Waals surface area contributed by atoms with Crippen LogP contribution >= 0.6 is 10.5 Å². The van der Waals surface area contributed by atoms with Crippen molar-refractivity contribution in [1.29, 1.82) is 0 Å². The summed E-state index contributed by atoms with van der Waals surface area (Å²) in [5.74, 6) is 6.38. The summed E-state index contributed by atoms with van der Waals surface area (Å²) >= 11 is 0. The lowest BCUT2D eigenvalue weighted by atomic mass is 9.91. The first-order valence-corrected chi connectivity index (χ1v) is 14.3. The SMILES string of the molecule is C=[S@@](C)CCOCn1cc(C2CCNCC2)c2nc(NC3COC3)cnc21.CC.CC(C)(C)O.O.[HH]. The van der Waals surface area contributed by atoms with Gasteiger partial charge in [-0.3, -0.25) is 0 Å². The molecule has 0 spiro atoms. The minimum absolute atomic E-state index is 0. The number of hydrogen-bond acceptors (Lipinski definition) is 7. The molecule has 0 radical (unpaired) electrons. The molecule has 4 heterocycles. The average Bonchev–Trinajstić information content (AvgIpc) is 3.12. The Morgan fingerprint density at radius 3 is 2.49 bits per heavy atom. The highest BCUT2D eigenvalue weighted by Crippen LogP contribution is 2.32. The van der Waals surface area contributed by atoms with Crippen LogP contribution in [0.4, 0.5) is 5.82 Å². The van der Waals surface area contributed by atoms with Crippen LogP contribution in [0.5, 0.6) is 0 Å². The Labute approximate surface area is 214 Å². The summed E-state index contributed by atoms with van der Waals surface area (Å²) in [7, 11) is 0.159. The van der Waals surface area contributed by atoms with Crippen molar-refractivity contribution >= 4 is 33.3 Å². The van der Waals surface area contributed by atoms with E-state index in [9.17, 15) is 0 Å². The quantitative estimate of drug-likeness (QED) is 0.364. The van der Waals surface area contributed by atoms with Gasteiger partial charge in [0.15, 0.2) is 5.65 Å². The molecule has 2 aromatic rings. The maximum atomic E-state index is 8.52. The fourth-order valence-electron chi connectivity index (χ4n) is 3.57. The summed E-state index contributed by atoms with van der Waals surface area (Å²) in [6, 6.07) is 0.343. The maximum Gasteiger partial charge on any atom is 0.161 e. The van der Waals surface area contributed by atoms with Gasteiger partial charge in [0.25, 0.3) is 0 Å². The molecule has 2 saturated heterocycles. The van der Waals surface area contributed by atoms with Gasteiger partial charge in [-0.1, -0.05) is 19.7 Å². The Kier molecular flexibility index (Phi) is 14.0. The Bertz CT molecular complexity index is 890. The number of anilines is 1. The lowest BCUT2D eigenvalue weighted by molar-refractivity contribution is 0.0209. The molecule has 9 nitrogen and oxygen atoms in total. The highest BCUT2D eigenvalue weighted by atomic mass is 32.2. The van der Waals surface area contributed by atoms with Crippen molar-refractivity contribution in [3.8, 4) is 0 Å². The van der Waals surface area contributed by atoms with Crippen LogP contribution < -0.4 is 10.6 Å². The summed E-state index contributed by atoms with van der Waals surface area (Å²) in [5.41, 5.74) is 2.70. The number of rotatable bonds is 8. The minimum Gasteiger partial charge on any atom is -0.412 e. The first-order chi connectivity index (χ1) is 16.2. The van der Waals surface area contributed by atoms with Crippen LogP contribution in [-0.2, 0) is 16.2 Å². The molecule has 0 unspecified atom stereocenters. The largest absolute Gasteiger partial charge is 0.412 e. The number of aliphatic hydroxyl groups is 1. The molecule has 2 aliphatic rings. The number of ether oxygens (including phenoxy) is 2. The van der Waals surface area contributed by atoms with Crippen LogP contribution in [0.15, 0.2) is 12.4 Å². The molecule has 0 bridgehead atoms. The van der Waals surface area contributed by atoms with E-state index in [-0.39, 0.29) is 17.4 Å². The number of nitrogens with zero attached hydrogens (tertiary/aromatic N) is 3. The zero-order valence-corrected chi connectivity index (χ0v) is 23.2. The van der Waals surface area contributed by atoms with E-state index in [1.807, 2.05) is 20.0 Å². The third-order valence-corrected chi connectivity index (χ3v) is 6.03. The van der Waals surface area contributed by atoms with E-state index in [1.165, 1.54) is 5.56 Å². The van der Waals surface area contributed by atoms with Crippen LogP contribution in [0.3, 0.4) is 0 Å². The fourth-order valence-corrected chi connectivity index (χ4v) is 3.97. The lowest BCUT2D eigenvalue weighted by Crippen LogP contribution is -2.40. The number of hydrogen-bond donors (Lipinski definition) is 3. The van der Waals surface area contributed by atoms with Gasteiger partial charge in [0.1, 0.15) is 18.1 Å². The second kappa shape index (κ2) is 15.5. The van der Waals surface area contributed by atoms with E-state index in [0.29, 0.717) is 18.7 Å². The standard InChI is InChI=1S/C19H29N5O2S.C4H10O.C2H6.H2O.H2/c1-27(2)8-7-25-13-24-10-16(14-3-5-20-6-4-14)18-19(24)21-9-17(23-18)22-15-11-26-12-15;1-4(2,3)5;1-2;;/h9-10,14-15,20H,1,3-8,11-13H2,2H3,(H,22,23);5H,1-3H3;1-2H3;1H2;1H/t27-;;;;/m0..../s1. The fraction of sp³-hybridized carbons (Fsp3) is 0.720. The summed E-state index contributed by atoms with van der Waals surface area (Å²) in [6.45, 7) is 14.0. The van der Waals surface area contributed by atoms with Gasteiger partial charge < -0.3 is 35.3 Å². The molecule has 0 aliphatic carbocycles. The van der Waals surface area contributed by atoms with Crippen LogP contribution in [-0.4, -0.2) is 87.5 Å². The third kappa shape index (κ3) is 10.9. The smallest absolute Gasteiger partial charge is 0.161 e. The lowest BCUT2D eigenvalue weighted by Gasteiger charge is -2.27. The number of piperidine rings is 1. The van der Waals surface area contributed by atoms with Gasteiger partial charge in [-0.15, -0.1) is 0 Å². The van der Waals surface area contributed by atoms with Crippen molar-refractivity contribution in [2.45, 2.75) is 71.8 Å². The van der Waals surface area contributed by atoms with E-state index in [1.54, 1.807) is 20.8 Å². The molecule has 2 fully saturated rings. The van der Waals surface area contributed by atoms with Gasteiger partial charge in [-0.25, -0.2) is 9.97 Å². The van der Waals surface area contributed by atoms with Crippen LogP contribution in [0.25, 0.3) is 11.2 Å². The molecule has 1 atom stereocenters. The summed E-state index contributed by atoms with van der Waals surface area (Å²) < 4.78 is 13.2. The monoisotopic (exact) mass is 515 g/mol. The Morgan fingerprint density at radius 1 is 1.31 bits per heavy atom. The molecular formula is C25H49N5O4S. The van der Waals surface area contributed by atoms with Gasteiger partial charge in [-0.05, 0) is 58.9 Å². The average molecular weight is 516 g/mol. The molecule has 10 heteroatoms. The van der Waals surface area contributed by atoms with Gasteiger partial charge in [0.05, 0.1) is 37.7 Å². The molecule has 0 saturated carbocycles. The Hall–Kier alpha value is -1.56. The van der Waals surface area contributed by atoms with Crippen LogP contribution in [0.1, 0.15) is 60.4 Å². The molecular weight excluding hydrogens is 466 g/mol. The number of aromatic nitrogens is 3. The molecule has 0 aromatic carbocycles. The zero-order chi connectivity index (χ0) is 25.1. The second-order valence-electron chi connectivity index (χ2n) is 9.58. The van der Waals surface area contributed by atoms with Crippen molar-refractivity contribution in [2.75, 3.05) is 50.2 Å². The van der Waals surface area contributed by atoms with Gasteiger partial charge in [0, 0.05) is 18.9 Å². The molecule has 2 aliphatic heterocycles. The maximum absolute atomic E-state index is 8.52. The highest BCUT2D eigenvalue weighted by Gasteiger charge is 2.23. The summed E-state index contributed by atoms with van der Waals surface area (Å²) in [5, 5.41) is 15.4. The Morgan fingerprint density at radius 2 is 1.94 bits per heavy atom. The third-order valence-electron chi connectivity index (χ3n) is 5.17. The van der Waals surface area contributed by atoms with E-state index in [0.717, 1.165) is 68.5 Å². The molecule has 35 heavy (non-hydrogen) atoms. The topological polar surface area (TPSA) is 125 Å². The van der Waals surface area contributed by atoms with Crippen LogP contribution in [0.2, 0.25) is 0 Å². The van der Waals surface area contributed by atoms with Crippen molar-refractivity contribution in [2.24, 2.45) is 0 Å². The zero-order valence-electron chi connectivity index (χ0n) is 22.4. The predicted octanol–water partition coefficient (Wildman–Crippen LogP) is 3.24. The minimum atomic E-state index is -0.500. The van der Waals surface area contributed by atoms with E-state index in [4.69, 9.17) is 24.5 Å². The van der Waals surface area contributed by atoms with Crippen molar-refractivity contribution in [3.05, 3.63) is 18.0 Å². The normalized spacial score (nSPS) is 17.2. The molecule has 204 valence electrons. The van der Waals surface area contributed by atoms with E-state index < -0.39 is 5.60 Å². The number of nitrogens with one attached hydrogen (secondary N) is 2. The van der Waals surface area contributed by atoms with E-state index >= 15 is 0 Å². The van der Waals surface area contributed by atoms with Gasteiger partial charge >= 0.3 is 0 Å². The first kappa shape index (κ1) is 31.5. The van der Waals surface area contributed by atoms with Crippen molar-refractivity contribution in [1.82, 2.24) is 19.9 Å². The first-order valence-electron chi connectivity index (χ1n) is 12.3. The van der Waals surface area contributed by atoms with Gasteiger partial charge in [0.2, 0.25) is 0 Å². The molecule has 4 rings (SSSR count). The number of fused-ring (bicyclic) bond motifs is 1. The molecule has 5 N–H and O–H groups in total. The van der Waals surface area contributed by atoms with Gasteiger partial charge in [-0.2, -0.15) is 10.5 Å². The van der Waals surface area contributed by atoms with Crippen molar-refractivity contribution < 1.29 is 21.5 Å². The van der Waals surface area contributed by atoms with Crippen LogP contribution in [0, 0.1) is 0 Å². The molecule has 2 aromatic heterocycles. The van der Waals surface area contributed by atoms with E-state index in [2.05, 4.69) is 33.5 Å². The summed E-state index contributed by atoms with van der Waals surface area (Å²) in [6.07, 6.45) is 8.43. The Balaban J connectivity index is 0.00000122. The highest BCUT2D eigenvalue weighted by molar-refractivity contribution is 8.13.